The summed E-state index contributed by atoms with van der Waals surface area (Å²) < 4.78 is 12.9. The summed E-state index contributed by atoms with van der Waals surface area (Å²) in [6.07, 6.45) is 4.05. The Morgan fingerprint density at radius 3 is 1.96 bits per heavy atom. The Kier molecular flexibility index (Phi) is 4.82. The number of nitrogens with one attached hydrogen (secondary N) is 1. The maximum Gasteiger partial charge on any atom is 0.255 e. The van der Waals surface area contributed by atoms with Crippen molar-refractivity contribution < 1.29 is 9.18 Å². The smallest absolute Gasteiger partial charge is 0.255 e. The number of carbonyl (C=O) groups excluding carboxylic acids is 1. The summed E-state index contributed by atoms with van der Waals surface area (Å²) in [7, 11) is 0. The number of anilines is 1. The molecule has 0 aromatic heterocycles. The van der Waals surface area contributed by atoms with Crippen molar-refractivity contribution in [2.24, 2.45) is 0 Å². The molecule has 3 aromatic carbocycles. The van der Waals surface area contributed by atoms with Crippen LogP contribution in [0.3, 0.4) is 0 Å². The molecular formula is C21H16FNO. The number of rotatable bonds is 4. The molecule has 0 unspecified atom stereocenters. The molecule has 24 heavy (non-hydrogen) atoms. The molecule has 3 rings (SSSR count). The molecule has 0 heterocycles. The van der Waals surface area contributed by atoms with Gasteiger partial charge in [0.05, 0.1) is 0 Å². The molecule has 0 radical (unpaired) electrons. The van der Waals surface area contributed by atoms with Crippen molar-refractivity contribution in [3.05, 3.63) is 101 Å². The van der Waals surface area contributed by atoms with Gasteiger partial charge in [0.15, 0.2) is 0 Å². The highest BCUT2D eigenvalue weighted by Gasteiger charge is 2.05. The molecule has 0 aliphatic carbocycles. The van der Waals surface area contributed by atoms with Crippen molar-refractivity contribution in [3.8, 4) is 0 Å². The first-order valence-corrected chi connectivity index (χ1v) is 7.61. The largest absolute Gasteiger partial charge is 0.322 e. The number of amides is 1. The Morgan fingerprint density at radius 2 is 1.33 bits per heavy atom. The Labute approximate surface area is 140 Å². The number of hydrogen-bond donors (Lipinski definition) is 1. The third kappa shape index (κ3) is 4.17. The molecule has 2 nitrogen and oxygen atoms in total. The Hall–Kier alpha value is -3.20. The van der Waals surface area contributed by atoms with Crippen LogP contribution in [0.1, 0.15) is 21.5 Å². The second kappa shape index (κ2) is 7.38. The Morgan fingerprint density at radius 1 is 0.750 bits per heavy atom. The van der Waals surface area contributed by atoms with E-state index in [0.29, 0.717) is 11.3 Å². The van der Waals surface area contributed by atoms with Crippen molar-refractivity contribution in [3.63, 3.8) is 0 Å². The summed E-state index contributed by atoms with van der Waals surface area (Å²) in [4.78, 5) is 12.1. The zero-order valence-corrected chi connectivity index (χ0v) is 12.9. The van der Waals surface area contributed by atoms with Crippen molar-refractivity contribution in [2.45, 2.75) is 0 Å². The monoisotopic (exact) mass is 317 g/mol. The van der Waals surface area contributed by atoms with Crippen LogP contribution in [-0.4, -0.2) is 5.91 Å². The molecular weight excluding hydrogens is 301 g/mol. The molecule has 1 amide bonds. The summed E-state index contributed by atoms with van der Waals surface area (Å²) in [5.41, 5.74) is 3.29. The quantitative estimate of drug-likeness (QED) is 0.654. The molecule has 3 heteroatoms. The molecule has 0 bridgehead atoms. The first kappa shape index (κ1) is 15.7. The van der Waals surface area contributed by atoms with Crippen LogP contribution in [-0.2, 0) is 0 Å². The van der Waals surface area contributed by atoms with Gasteiger partial charge in [-0.3, -0.25) is 4.79 Å². The lowest BCUT2D eigenvalue weighted by Gasteiger charge is -2.05. The molecule has 0 saturated carbocycles. The van der Waals surface area contributed by atoms with Crippen molar-refractivity contribution >= 4 is 23.7 Å². The van der Waals surface area contributed by atoms with Crippen LogP contribution < -0.4 is 5.32 Å². The Bertz CT molecular complexity index is 837. The number of carbonyl (C=O) groups is 1. The van der Waals surface area contributed by atoms with Gasteiger partial charge in [0.2, 0.25) is 0 Å². The summed E-state index contributed by atoms with van der Waals surface area (Å²) in [5.74, 6) is -0.622. The maximum atomic E-state index is 12.9. The molecule has 0 atom stereocenters. The van der Waals surface area contributed by atoms with Gasteiger partial charge in [0.25, 0.3) is 5.91 Å². The van der Waals surface area contributed by atoms with Gasteiger partial charge in [0, 0.05) is 11.3 Å². The highest BCUT2D eigenvalue weighted by Crippen LogP contribution is 2.14. The van der Waals surface area contributed by atoms with E-state index >= 15 is 0 Å². The fraction of sp³-hybridized carbons (Fsp3) is 0. The number of hydrogen-bond acceptors (Lipinski definition) is 1. The van der Waals surface area contributed by atoms with Crippen LogP contribution in [0.25, 0.3) is 12.2 Å². The molecule has 3 aromatic rings. The molecule has 1 N–H and O–H groups in total. The highest BCUT2D eigenvalue weighted by atomic mass is 19.1. The third-order valence-electron chi connectivity index (χ3n) is 3.54. The minimum absolute atomic E-state index is 0.262. The zero-order valence-electron chi connectivity index (χ0n) is 12.9. The topological polar surface area (TPSA) is 29.1 Å². The van der Waals surface area contributed by atoms with Crippen LogP contribution in [0.5, 0.6) is 0 Å². The van der Waals surface area contributed by atoms with Crippen molar-refractivity contribution in [1.29, 1.82) is 0 Å². The lowest BCUT2D eigenvalue weighted by atomic mass is 10.1. The standard InChI is InChI=1S/C21H16FNO/c22-19-12-10-18(11-13-19)21(24)23-20-14-8-17(9-15-20)7-6-16-4-2-1-3-5-16/h1-15H,(H,23,24)/b7-6+. The SMILES string of the molecule is O=C(Nc1ccc(/C=C/c2ccccc2)cc1)c1ccc(F)cc1. The minimum Gasteiger partial charge on any atom is -0.322 e. The minimum atomic E-state index is -0.360. The molecule has 0 aliphatic heterocycles. The second-order valence-corrected chi connectivity index (χ2v) is 5.33. The summed E-state index contributed by atoms with van der Waals surface area (Å²) in [5, 5.41) is 2.79. The van der Waals surface area contributed by atoms with Crippen LogP contribution >= 0.6 is 0 Å². The lowest BCUT2D eigenvalue weighted by molar-refractivity contribution is 0.102. The lowest BCUT2D eigenvalue weighted by Crippen LogP contribution is -2.11. The van der Waals surface area contributed by atoms with Gasteiger partial charge in [0.1, 0.15) is 5.82 Å². The highest BCUT2D eigenvalue weighted by molar-refractivity contribution is 6.04. The fourth-order valence-electron chi connectivity index (χ4n) is 2.24. The van der Waals surface area contributed by atoms with E-state index in [9.17, 15) is 9.18 Å². The van der Waals surface area contributed by atoms with E-state index in [1.807, 2.05) is 66.7 Å². The normalized spacial score (nSPS) is 10.7. The van der Waals surface area contributed by atoms with Gasteiger partial charge in [-0.05, 0) is 47.5 Å². The first-order chi connectivity index (χ1) is 11.7. The summed E-state index contributed by atoms with van der Waals surface area (Å²) in [6.45, 7) is 0. The van der Waals surface area contributed by atoms with E-state index in [2.05, 4.69) is 5.32 Å². The van der Waals surface area contributed by atoms with E-state index in [-0.39, 0.29) is 11.7 Å². The van der Waals surface area contributed by atoms with Crippen LogP contribution in [0.15, 0.2) is 78.9 Å². The van der Waals surface area contributed by atoms with Gasteiger partial charge in [-0.1, -0.05) is 54.6 Å². The average molecular weight is 317 g/mol. The number of benzene rings is 3. The predicted molar refractivity (Wildman–Crippen MR) is 96.2 cm³/mol. The predicted octanol–water partition coefficient (Wildman–Crippen LogP) is 5.25. The van der Waals surface area contributed by atoms with E-state index in [0.717, 1.165) is 11.1 Å². The number of halogens is 1. The van der Waals surface area contributed by atoms with Gasteiger partial charge < -0.3 is 5.32 Å². The molecule has 0 fully saturated rings. The zero-order chi connectivity index (χ0) is 16.8. The van der Waals surface area contributed by atoms with E-state index in [4.69, 9.17) is 0 Å². The second-order valence-electron chi connectivity index (χ2n) is 5.33. The summed E-state index contributed by atoms with van der Waals surface area (Å²) in [6, 6.07) is 23.0. The fourth-order valence-corrected chi connectivity index (χ4v) is 2.24. The third-order valence-corrected chi connectivity index (χ3v) is 3.54. The van der Waals surface area contributed by atoms with E-state index in [1.54, 1.807) is 0 Å². The van der Waals surface area contributed by atoms with Gasteiger partial charge in [-0.15, -0.1) is 0 Å². The van der Waals surface area contributed by atoms with Crippen molar-refractivity contribution in [1.82, 2.24) is 0 Å². The van der Waals surface area contributed by atoms with Gasteiger partial charge in [-0.2, -0.15) is 0 Å². The molecule has 0 saturated heterocycles. The van der Waals surface area contributed by atoms with E-state index < -0.39 is 0 Å². The van der Waals surface area contributed by atoms with Crippen LogP contribution in [0.4, 0.5) is 10.1 Å². The van der Waals surface area contributed by atoms with Crippen molar-refractivity contribution in [2.75, 3.05) is 5.32 Å². The average Bonchev–Trinajstić information content (AvgIpc) is 2.62. The molecule has 118 valence electrons. The molecule has 0 spiro atoms. The van der Waals surface area contributed by atoms with Gasteiger partial charge in [-0.25, -0.2) is 4.39 Å². The van der Waals surface area contributed by atoms with Crippen LogP contribution in [0.2, 0.25) is 0 Å². The summed E-state index contributed by atoms with van der Waals surface area (Å²) >= 11 is 0. The Balaban J connectivity index is 1.65. The van der Waals surface area contributed by atoms with Gasteiger partial charge >= 0.3 is 0 Å². The van der Waals surface area contributed by atoms with Crippen LogP contribution in [0, 0.1) is 5.82 Å². The maximum absolute atomic E-state index is 12.9. The molecule has 0 aliphatic rings. The first-order valence-electron chi connectivity index (χ1n) is 7.61. The van der Waals surface area contributed by atoms with E-state index in [1.165, 1.54) is 24.3 Å².